The van der Waals surface area contributed by atoms with Crippen molar-refractivity contribution >= 4 is 10.8 Å². The maximum atomic E-state index is 5.69. The molecule has 1 saturated carbocycles. The van der Waals surface area contributed by atoms with Gasteiger partial charge in [-0.2, -0.15) is 0 Å². The Morgan fingerprint density at radius 3 is 2.60 bits per heavy atom. The van der Waals surface area contributed by atoms with Crippen LogP contribution in [0.3, 0.4) is 0 Å². The molecule has 1 N–H and O–H groups in total. The molecule has 0 heterocycles. The Balaban J connectivity index is 1.77. The zero-order chi connectivity index (χ0) is 14.0. The largest absolute Gasteiger partial charge is 0.377 e. The average Bonchev–Trinajstić information content (AvgIpc) is 2.46. The Kier molecular flexibility index (Phi) is 3.77. The van der Waals surface area contributed by atoms with Crippen molar-refractivity contribution in [3.8, 4) is 0 Å². The van der Waals surface area contributed by atoms with Crippen LogP contribution in [-0.4, -0.2) is 19.3 Å². The van der Waals surface area contributed by atoms with Gasteiger partial charge in [0.25, 0.3) is 0 Å². The van der Waals surface area contributed by atoms with Crippen molar-refractivity contribution in [3.63, 3.8) is 0 Å². The number of ether oxygens (including phenoxy) is 1. The second kappa shape index (κ2) is 5.55. The Morgan fingerprint density at radius 2 is 1.90 bits per heavy atom. The first-order valence-electron chi connectivity index (χ1n) is 7.50. The molecule has 2 aromatic carbocycles. The minimum absolute atomic E-state index is 0.0822. The monoisotopic (exact) mass is 269 g/mol. The molecule has 0 radical (unpaired) electrons. The lowest BCUT2D eigenvalue weighted by molar-refractivity contribution is -0.0706. The second-order valence-corrected chi connectivity index (χ2v) is 5.91. The van der Waals surface area contributed by atoms with E-state index < -0.39 is 0 Å². The number of nitrogens with one attached hydrogen (secondary N) is 1. The van der Waals surface area contributed by atoms with Gasteiger partial charge in [-0.3, -0.25) is 0 Å². The van der Waals surface area contributed by atoms with Crippen LogP contribution in [0, 0.1) is 0 Å². The van der Waals surface area contributed by atoms with Crippen molar-refractivity contribution in [2.24, 2.45) is 0 Å². The zero-order valence-corrected chi connectivity index (χ0v) is 12.4. The molecule has 2 nitrogen and oxygen atoms in total. The van der Waals surface area contributed by atoms with Crippen molar-refractivity contribution in [3.05, 3.63) is 48.0 Å². The molecule has 2 aromatic rings. The first-order chi connectivity index (χ1) is 9.74. The summed E-state index contributed by atoms with van der Waals surface area (Å²) in [5, 5.41) is 6.31. The summed E-state index contributed by atoms with van der Waals surface area (Å²) in [4.78, 5) is 0. The summed E-state index contributed by atoms with van der Waals surface area (Å²) >= 11 is 0. The lowest BCUT2D eigenvalue weighted by Gasteiger charge is -2.41. The standard InChI is InChI=1S/C18H23NO/c1-14(19-13-18(20-2)11-6-12-18)16-10-5-8-15-7-3-4-9-17(15)16/h3-5,7-10,14,19H,6,11-13H2,1-2H3. The van der Waals surface area contributed by atoms with Crippen LogP contribution in [0.1, 0.15) is 37.8 Å². The molecule has 1 atom stereocenters. The highest BCUT2D eigenvalue weighted by molar-refractivity contribution is 5.86. The maximum absolute atomic E-state index is 5.69. The SMILES string of the molecule is COC1(CNC(C)c2cccc3ccccc23)CCC1. The van der Waals surface area contributed by atoms with E-state index in [1.807, 2.05) is 7.11 Å². The molecule has 3 rings (SSSR count). The first-order valence-corrected chi connectivity index (χ1v) is 7.50. The minimum Gasteiger partial charge on any atom is -0.377 e. The van der Waals surface area contributed by atoms with Gasteiger partial charge in [0.1, 0.15) is 0 Å². The van der Waals surface area contributed by atoms with Crippen LogP contribution in [-0.2, 0) is 4.74 Å². The first kappa shape index (κ1) is 13.6. The van der Waals surface area contributed by atoms with Crippen molar-refractivity contribution in [2.75, 3.05) is 13.7 Å². The van der Waals surface area contributed by atoms with E-state index in [1.54, 1.807) is 0 Å². The maximum Gasteiger partial charge on any atom is 0.0802 e. The number of fused-ring (bicyclic) bond motifs is 1. The van der Waals surface area contributed by atoms with Gasteiger partial charge < -0.3 is 10.1 Å². The van der Waals surface area contributed by atoms with Crippen molar-refractivity contribution in [2.45, 2.75) is 37.8 Å². The van der Waals surface area contributed by atoms with E-state index in [2.05, 4.69) is 54.7 Å². The van der Waals surface area contributed by atoms with Gasteiger partial charge in [0.05, 0.1) is 5.60 Å². The van der Waals surface area contributed by atoms with E-state index in [4.69, 9.17) is 4.74 Å². The molecule has 1 fully saturated rings. The van der Waals surface area contributed by atoms with Gasteiger partial charge in [-0.25, -0.2) is 0 Å². The molecule has 0 saturated heterocycles. The molecule has 0 aliphatic heterocycles. The molecule has 0 aromatic heterocycles. The number of methoxy groups -OCH3 is 1. The summed E-state index contributed by atoms with van der Waals surface area (Å²) in [6.45, 7) is 3.18. The lowest BCUT2D eigenvalue weighted by atomic mass is 9.79. The Morgan fingerprint density at radius 1 is 1.15 bits per heavy atom. The van der Waals surface area contributed by atoms with Crippen molar-refractivity contribution in [1.29, 1.82) is 0 Å². The van der Waals surface area contributed by atoms with Gasteiger partial charge >= 0.3 is 0 Å². The fourth-order valence-electron chi connectivity index (χ4n) is 3.10. The smallest absolute Gasteiger partial charge is 0.0802 e. The molecule has 1 aliphatic carbocycles. The molecule has 20 heavy (non-hydrogen) atoms. The minimum atomic E-state index is 0.0822. The van der Waals surface area contributed by atoms with E-state index in [0.717, 1.165) is 6.54 Å². The fraction of sp³-hybridized carbons (Fsp3) is 0.444. The van der Waals surface area contributed by atoms with Crippen LogP contribution in [0.5, 0.6) is 0 Å². The summed E-state index contributed by atoms with van der Waals surface area (Å²) in [6.07, 6.45) is 3.65. The van der Waals surface area contributed by atoms with E-state index in [9.17, 15) is 0 Å². The van der Waals surface area contributed by atoms with Gasteiger partial charge in [0.15, 0.2) is 0 Å². The van der Waals surface area contributed by atoms with Crippen LogP contribution in [0.15, 0.2) is 42.5 Å². The Labute approximate surface area is 121 Å². The van der Waals surface area contributed by atoms with Gasteiger partial charge in [-0.15, -0.1) is 0 Å². The highest BCUT2D eigenvalue weighted by Gasteiger charge is 2.36. The molecular formula is C18H23NO. The highest BCUT2D eigenvalue weighted by Crippen LogP contribution is 2.35. The predicted octanol–water partition coefficient (Wildman–Crippen LogP) is 4.06. The van der Waals surface area contributed by atoms with Crippen LogP contribution < -0.4 is 5.32 Å². The third-order valence-electron chi connectivity index (χ3n) is 4.72. The summed E-state index contributed by atoms with van der Waals surface area (Å²) in [6, 6.07) is 15.5. The predicted molar refractivity (Wildman–Crippen MR) is 84.0 cm³/mol. The normalized spacial score (nSPS) is 18.7. The van der Waals surface area contributed by atoms with Crippen LogP contribution in [0.2, 0.25) is 0 Å². The van der Waals surface area contributed by atoms with Crippen LogP contribution in [0.25, 0.3) is 10.8 Å². The number of rotatable bonds is 5. The van der Waals surface area contributed by atoms with Crippen LogP contribution in [0.4, 0.5) is 0 Å². The van der Waals surface area contributed by atoms with E-state index in [1.165, 1.54) is 35.6 Å². The highest BCUT2D eigenvalue weighted by atomic mass is 16.5. The lowest BCUT2D eigenvalue weighted by Crippen LogP contribution is -2.48. The summed E-state index contributed by atoms with van der Waals surface area (Å²) in [5.41, 5.74) is 1.45. The molecular weight excluding hydrogens is 246 g/mol. The van der Waals surface area contributed by atoms with Gasteiger partial charge in [0.2, 0.25) is 0 Å². The third-order valence-corrected chi connectivity index (χ3v) is 4.72. The van der Waals surface area contributed by atoms with E-state index in [0.29, 0.717) is 6.04 Å². The zero-order valence-electron chi connectivity index (χ0n) is 12.4. The molecule has 1 unspecified atom stereocenters. The van der Waals surface area contributed by atoms with Crippen molar-refractivity contribution < 1.29 is 4.74 Å². The summed E-state index contributed by atoms with van der Waals surface area (Å²) in [5.74, 6) is 0. The van der Waals surface area contributed by atoms with E-state index in [-0.39, 0.29) is 5.60 Å². The average molecular weight is 269 g/mol. The topological polar surface area (TPSA) is 21.3 Å². The number of hydrogen-bond acceptors (Lipinski definition) is 2. The van der Waals surface area contributed by atoms with Crippen LogP contribution >= 0.6 is 0 Å². The van der Waals surface area contributed by atoms with E-state index >= 15 is 0 Å². The van der Waals surface area contributed by atoms with Gasteiger partial charge in [-0.1, -0.05) is 42.5 Å². The molecule has 0 amide bonds. The molecule has 0 spiro atoms. The summed E-state index contributed by atoms with van der Waals surface area (Å²) in [7, 11) is 1.84. The number of benzene rings is 2. The second-order valence-electron chi connectivity index (χ2n) is 5.91. The molecule has 1 aliphatic rings. The Bertz CT molecular complexity index is 578. The fourth-order valence-corrected chi connectivity index (χ4v) is 3.10. The molecule has 2 heteroatoms. The van der Waals surface area contributed by atoms with Gasteiger partial charge in [0, 0.05) is 19.7 Å². The number of hydrogen-bond donors (Lipinski definition) is 1. The molecule has 106 valence electrons. The van der Waals surface area contributed by atoms with Crippen molar-refractivity contribution in [1.82, 2.24) is 5.32 Å². The quantitative estimate of drug-likeness (QED) is 0.884. The molecule has 0 bridgehead atoms. The Hall–Kier alpha value is -1.38. The third kappa shape index (κ3) is 2.46. The summed E-state index contributed by atoms with van der Waals surface area (Å²) < 4.78 is 5.69. The van der Waals surface area contributed by atoms with Gasteiger partial charge in [-0.05, 0) is 42.5 Å².